The Kier molecular flexibility index (Phi) is 4.58. The van der Waals surface area contributed by atoms with Gasteiger partial charge in [0.1, 0.15) is 0 Å². The third kappa shape index (κ3) is 3.21. The smallest absolute Gasteiger partial charge is 0.258 e. The van der Waals surface area contributed by atoms with E-state index in [0.717, 1.165) is 37.5 Å². The van der Waals surface area contributed by atoms with Crippen molar-refractivity contribution in [3.63, 3.8) is 0 Å². The number of nitrogens with zero attached hydrogens (tertiary/aromatic N) is 2. The Labute approximate surface area is 122 Å². The van der Waals surface area contributed by atoms with Crippen molar-refractivity contribution in [3.05, 3.63) is 34.1 Å². The maximum atomic E-state index is 13.6. The van der Waals surface area contributed by atoms with Crippen molar-refractivity contribution in [2.24, 2.45) is 5.92 Å². The molecule has 1 aromatic rings. The summed E-state index contributed by atoms with van der Waals surface area (Å²) in [6, 6.07) is 2.70. The molecule has 0 aliphatic carbocycles. The summed E-state index contributed by atoms with van der Waals surface area (Å²) in [4.78, 5) is 9.45. The van der Waals surface area contributed by atoms with Gasteiger partial charge in [0.25, 0.3) is 0 Å². The molecule has 2 rings (SSSR count). The summed E-state index contributed by atoms with van der Waals surface area (Å²) in [6.45, 7) is 2.87. The van der Waals surface area contributed by atoms with E-state index in [1.807, 2.05) is 0 Å². The Morgan fingerprint density at radius 3 is 2.48 bits per heavy atom. The molecule has 0 radical (unpaired) electrons. The van der Waals surface area contributed by atoms with E-state index >= 15 is 0 Å². The van der Waals surface area contributed by atoms with Gasteiger partial charge >= 0.3 is 5.69 Å². The van der Waals surface area contributed by atoms with E-state index in [4.69, 9.17) is 0 Å². The number of nitro groups is 1. The molecule has 0 saturated carbocycles. The quantitative estimate of drug-likeness (QED) is 0.631. The SMILES string of the molecule is CCC1CCN(S(=O)(=O)c2ccc([N+](=O)[O-])c(F)c2)CC1. The molecule has 0 amide bonds. The molecule has 8 heteroatoms. The van der Waals surface area contributed by atoms with Crippen LogP contribution in [0, 0.1) is 21.8 Å². The monoisotopic (exact) mass is 316 g/mol. The number of benzene rings is 1. The zero-order valence-corrected chi connectivity index (χ0v) is 12.5. The summed E-state index contributed by atoms with van der Waals surface area (Å²) in [6.07, 6.45) is 2.58. The molecule has 116 valence electrons. The van der Waals surface area contributed by atoms with Crippen molar-refractivity contribution < 1.29 is 17.7 Å². The summed E-state index contributed by atoms with van der Waals surface area (Å²) >= 11 is 0. The average Bonchev–Trinajstić information content (AvgIpc) is 2.46. The van der Waals surface area contributed by atoms with Crippen molar-refractivity contribution in [3.8, 4) is 0 Å². The van der Waals surface area contributed by atoms with Crippen LogP contribution in [0.25, 0.3) is 0 Å². The molecule has 1 saturated heterocycles. The highest BCUT2D eigenvalue weighted by Gasteiger charge is 2.30. The molecule has 1 heterocycles. The second kappa shape index (κ2) is 6.07. The minimum absolute atomic E-state index is 0.236. The maximum Gasteiger partial charge on any atom is 0.304 e. The van der Waals surface area contributed by atoms with Crippen LogP contribution in [0.2, 0.25) is 0 Å². The average molecular weight is 316 g/mol. The number of rotatable bonds is 4. The van der Waals surface area contributed by atoms with Crippen molar-refractivity contribution in [2.45, 2.75) is 31.1 Å². The lowest BCUT2D eigenvalue weighted by atomic mass is 9.96. The Morgan fingerprint density at radius 2 is 2.00 bits per heavy atom. The fourth-order valence-electron chi connectivity index (χ4n) is 2.50. The minimum Gasteiger partial charge on any atom is -0.258 e. The third-order valence-electron chi connectivity index (χ3n) is 3.90. The van der Waals surface area contributed by atoms with Gasteiger partial charge < -0.3 is 0 Å². The highest BCUT2D eigenvalue weighted by molar-refractivity contribution is 7.89. The number of hydrogen-bond acceptors (Lipinski definition) is 4. The molecular weight excluding hydrogens is 299 g/mol. The van der Waals surface area contributed by atoms with Gasteiger partial charge in [-0.1, -0.05) is 13.3 Å². The zero-order chi connectivity index (χ0) is 15.6. The molecule has 0 atom stereocenters. The Hall–Kier alpha value is -1.54. The summed E-state index contributed by atoms with van der Waals surface area (Å²) in [5.41, 5.74) is -0.723. The fourth-order valence-corrected chi connectivity index (χ4v) is 3.99. The van der Waals surface area contributed by atoms with Gasteiger partial charge in [0.15, 0.2) is 0 Å². The topological polar surface area (TPSA) is 80.5 Å². The molecule has 6 nitrogen and oxygen atoms in total. The van der Waals surface area contributed by atoms with Crippen LogP contribution in [0.4, 0.5) is 10.1 Å². The second-order valence-corrected chi connectivity index (χ2v) is 7.06. The number of sulfonamides is 1. The predicted molar refractivity (Wildman–Crippen MR) is 74.8 cm³/mol. The Balaban J connectivity index is 2.24. The zero-order valence-electron chi connectivity index (χ0n) is 11.7. The first-order chi connectivity index (χ1) is 9.86. The first kappa shape index (κ1) is 15.8. The van der Waals surface area contributed by atoms with E-state index in [9.17, 15) is 22.9 Å². The van der Waals surface area contributed by atoms with Gasteiger partial charge in [0.2, 0.25) is 15.8 Å². The van der Waals surface area contributed by atoms with E-state index in [-0.39, 0.29) is 4.90 Å². The minimum atomic E-state index is -3.79. The first-order valence-electron chi connectivity index (χ1n) is 6.80. The molecule has 0 bridgehead atoms. The molecule has 1 fully saturated rings. The van der Waals surface area contributed by atoms with Gasteiger partial charge in [-0.2, -0.15) is 8.70 Å². The first-order valence-corrected chi connectivity index (χ1v) is 8.24. The van der Waals surface area contributed by atoms with E-state index < -0.39 is 26.5 Å². The van der Waals surface area contributed by atoms with Gasteiger partial charge in [-0.3, -0.25) is 10.1 Å². The Bertz CT molecular complexity index is 640. The predicted octanol–water partition coefficient (Wildman–Crippen LogP) is 2.54. The van der Waals surface area contributed by atoms with Crippen LogP contribution < -0.4 is 0 Å². The lowest BCUT2D eigenvalue weighted by Gasteiger charge is -2.30. The molecule has 0 N–H and O–H groups in total. The number of halogens is 1. The third-order valence-corrected chi connectivity index (χ3v) is 5.80. The van der Waals surface area contributed by atoms with Crippen LogP contribution in [0.15, 0.2) is 23.1 Å². The molecular formula is C13H17FN2O4S. The van der Waals surface area contributed by atoms with Crippen molar-refractivity contribution in [1.29, 1.82) is 0 Å². The fraction of sp³-hybridized carbons (Fsp3) is 0.538. The highest BCUT2D eigenvalue weighted by atomic mass is 32.2. The van der Waals surface area contributed by atoms with Gasteiger partial charge in [0, 0.05) is 25.2 Å². The van der Waals surface area contributed by atoms with Crippen LogP contribution in [0.5, 0.6) is 0 Å². The summed E-state index contributed by atoms with van der Waals surface area (Å²) in [5.74, 6) is -0.616. The molecule has 1 aliphatic heterocycles. The van der Waals surface area contributed by atoms with Gasteiger partial charge in [-0.05, 0) is 24.8 Å². The molecule has 21 heavy (non-hydrogen) atoms. The van der Waals surface area contributed by atoms with Crippen LogP contribution in [0.1, 0.15) is 26.2 Å². The Morgan fingerprint density at radius 1 is 1.38 bits per heavy atom. The summed E-state index contributed by atoms with van der Waals surface area (Å²) < 4.78 is 39.7. The van der Waals surface area contributed by atoms with Crippen molar-refractivity contribution in [2.75, 3.05) is 13.1 Å². The standard InChI is InChI=1S/C13H17FN2O4S/c1-2-10-5-7-15(8-6-10)21(19,20)11-3-4-13(16(17)18)12(14)9-11/h3-4,9-10H,2,5-8H2,1H3. The van der Waals surface area contributed by atoms with Gasteiger partial charge in [0.05, 0.1) is 9.82 Å². The van der Waals surface area contributed by atoms with Crippen LogP contribution in [-0.4, -0.2) is 30.7 Å². The molecule has 0 aromatic heterocycles. The molecule has 1 aromatic carbocycles. The van der Waals surface area contributed by atoms with Crippen molar-refractivity contribution >= 4 is 15.7 Å². The van der Waals surface area contributed by atoms with E-state index in [0.29, 0.717) is 19.0 Å². The lowest BCUT2D eigenvalue weighted by molar-refractivity contribution is -0.387. The van der Waals surface area contributed by atoms with Crippen molar-refractivity contribution in [1.82, 2.24) is 4.31 Å². The lowest BCUT2D eigenvalue weighted by Crippen LogP contribution is -2.38. The van der Waals surface area contributed by atoms with Crippen LogP contribution >= 0.6 is 0 Å². The number of hydrogen-bond donors (Lipinski definition) is 0. The highest BCUT2D eigenvalue weighted by Crippen LogP contribution is 2.27. The molecule has 0 unspecified atom stereocenters. The van der Waals surface area contributed by atoms with Gasteiger partial charge in [-0.15, -0.1) is 0 Å². The second-order valence-electron chi connectivity index (χ2n) is 5.13. The molecule has 1 aliphatic rings. The van der Waals surface area contributed by atoms with E-state index in [2.05, 4.69) is 6.92 Å². The summed E-state index contributed by atoms with van der Waals surface area (Å²) in [5, 5.41) is 10.6. The van der Waals surface area contributed by atoms with Gasteiger partial charge in [-0.25, -0.2) is 8.42 Å². The van der Waals surface area contributed by atoms with Crippen LogP contribution in [0.3, 0.4) is 0 Å². The number of piperidine rings is 1. The summed E-state index contributed by atoms with van der Waals surface area (Å²) in [7, 11) is -3.79. The molecule has 0 spiro atoms. The van der Waals surface area contributed by atoms with E-state index in [1.165, 1.54) is 4.31 Å². The normalized spacial score (nSPS) is 17.8. The largest absolute Gasteiger partial charge is 0.304 e. The number of nitro benzene ring substituents is 1. The maximum absolute atomic E-state index is 13.6. The van der Waals surface area contributed by atoms with Crippen LogP contribution in [-0.2, 0) is 10.0 Å². The van der Waals surface area contributed by atoms with E-state index in [1.54, 1.807) is 0 Å².